The topological polar surface area (TPSA) is 63.2 Å². The number of sulfone groups is 1. The molecule has 1 amide bonds. The third-order valence-corrected chi connectivity index (χ3v) is 6.31. The molecule has 1 aliphatic carbocycles. The summed E-state index contributed by atoms with van der Waals surface area (Å²) in [6, 6.07) is 6.07. The van der Waals surface area contributed by atoms with Crippen LogP contribution in [-0.4, -0.2) is 25.8 Å². The zero-order valence-corrected chi connectivity index (χ0v) is 12.9. The lowest BCUT2D eigenvalue weighted by Crippen LogP contribution is -2.19. The Bertz CT molecular complexity index is 651. The van der Waals surface area contributed by atoms with Gasteiger partial charge in [0.15, 0.2) is 9.84 Å². The highest BCUT2D eigenvalue weighted by Crippen LogP contribution is 2.28. The van der Waals surface area contributed by atoms with E-state index in [0.717, 1.165) is 18.5 Å². The molecule has 2 aliphatic rings. The van der Waals surface area contributed by atoms with Crippen LogP contribution in [0.25, 0.3) is 0 Å². The Balaban J connectivity index is 1.66. The van der Waals surface area contributed by atoms with E-state index < -0.39 is 9.84 Å². The third-order valence-electron chi connectivity index (χ3n) is 4.47. The van der Waals surface area contributed by atoms with Crippen molar-refractivity contribution in [1.29, 1.82) is 0 Å². The Hall–Kier alpha value is -1.36. The van der Waals surface area contributed by atoms with Gasteiger partial charge in [-0.15, -0.1) is 0 Å². The van der Waals surface area contributed by atoms with Crippen molar-refractivity contribution < 1.29 is 13.2 Å². The van der Waals surface area contributed by atoms with Gasteiger partial charge in [0, 0.05) is 12.1 Å². The predicted octanol–water partition coefficient (Wildman–Crippen LogP) is 2.33. The highest BCUT2D eigenvalue weighted by molar-refractivity contribution is 7.91. The molecule has 1 N–H and O–H groups in total. The predicted molar refractivity (Wildman–Crippen MR) is 83.1 cm³/mol. The summed E-state index contributed by atoms with van der Waals surface area (Å²) < 4.78 is 22.9. The van der Waals surface area contributed by atoms with E-state index in [2.05, 4.69) is 11.4 Å². The molecule has 1 unspecified atom stereocenters. The van der Waals surface area contributed by atoms with Gasteiger partial charge in [-0.3, -0.25) is 4.79 Å². The van der Waals surface area contributed by atoms with Gasteiger partial charge in [0.2, 0.25) is 5.91 Å². The Kier molecular flexibility index (Phi) is 4.02. The van der Waals surface area contributed by atoms with Crippen molar-refractivity contribution in [2.45, 2.75) is 38.5 Å². The number of fused-ring (bicyclic) bond motifs is 1. The minimum absolute atomic E-state index is 0.0189. The van der Waals surface area contributed by atoms with E-state index in [9.17, 15) is 13.2 Å². The lowest BCUT2D eigenvalue weighted by atomic mass is 9.90. The zero-order chi connectivity index (χ0) is 14.9. The second-order valence-corrected chi connectivity index (χ2v) is 8.40. The number of nitrogens with one attached hydrogen (secondary N) is 1. The lowest BCUT2D eigenvalue weighted by molar-refractivity contribution is -0.116. The minimum atomic E-state index is -2.91. The van der Waals surface area contributed by atoms with Crippen LogP contribution in [0.5, 0.6) is 0 Å². The molecule has 4 nitrogen and oxygen atoms in total. The summed E-state index contributed by atoms with van der Waals surface area (Å²) in [4.78, 5) is 12.2. The van der Waals surface area contributed by atoms with Crippen molar-refractivity contribution in [3.05, 3.63) is 29.3 Å². The fourth-order valence-electron chi connectivity index (χ4n) is 3.39. The summed E-state index contributed by atoms with van der Waals surface area (Å²) in [6.45, 7) is 0. The van der Waals surface area contributed by atoms with Crippen molar-refractivity contribution in [3.63, 3.8) is 0 Å². The van der Waals surface area contributed by atoms with Crippen molar-refractivity contribution in [3.8, 4) is 0 Å². The molecule has 1 atom stereocenters. The number of hydrogen-bond donors (Lipinski definition) is 1. The van der Waals surface area contributed by atoms with Crippen molar-refractivity contribution in [1.82, 2.24) is 0 Å². The minimum Gasteiger partial charge on any atom is -0.326 e. The number of anilines is 1. The first-order chi connectivity index (χ1) is 10.0. The van der Waals surface area contributed by atoms with Crippen molar-refractivity contribution >= 4 is 21.4 Å². The SMILES string of the molecule is O=C(CC1CCS(=O)(=O)C1)Nc1cccc2c1CCCC2. The standard InChI is InChI=1S/C16H21NO3S/c18-16(10-12-8-9-21(19,20)11-12)17-15-7-3-5-13-4-1-2-6-14(13)15/h3,5,7,12H,1-2,4,6,8-11H2,(H,17,18). The molecule has 21 heavy (non-hydrogen) atoms. The molecule has 1 aromatic carbocycles. The van der Waals surface area contributed by atoms with Crippen LogP contribution in [0, 0.1) is 5.92 Å². The number of rotatable bonds is 3. The van der Waals surface area contributed by atoms with Gasteiger partial charge in [-0.05, 0) is 55.2 Å². The maximum atomic E-state index is 12.2. The summed E-state index contributed by atoms with van der Waals surface area (Å²) in [6.07, 6.45) is 5.40. The molecule has 1 aliphatic heterocycles. The van der Waals surface area contributed by atoms with Crippen molar-refractivity contribution in [2.75, 3.05) is 16.8 Å². The van der Waals surface area contributed by atoms with Crippen LogP contribution in [0.15, 0.2) is 18.2 Å². The van der Waals surface area contributed by atoms with Crippen LogP contribution in [0.4, 0.5) is 5.69 Å². The molecular weight excluding hydrogens is 286 g/mol. The van der Waals surface area contributed by atoms with Crippen LogP contribution >= 0.6 is 0 Å². The molecule has 1 aromatic rings. The molecule has 1 saturated heterocycles. The quantitative estimate of drug-likeness (QED) is 0.932. The van der Waals surface area contributed by atoms with E-state index in [4.69, 9.17) is 0 Å². The van der Waals surface area contributed by atoms with Crippen molar-refractivity contribution in [2.24, 2.45) is 5.92 Å². The van der Waals surface area contributed by atoms with Crippen LogP contribution in [0.3, 0.4) is 0 Å². The summed E-state index contributed by atoms with van der Waals surface area (Å²) in [7, 11) is -2.91. The average molecular weight is 307 g/mol. The molecule has 0 saturated carbocycles. The first-order valence-electron chi connectivity index (χ1n) is 7.64. The van der Waals surface area contributed by atoms with Gasteiger partial charge in [0.1, 0.15) is 0 Å². The van der Waals surface area contributed by atoms with E-state index in [1.807, 2.05) is 12.1 Å². The van der Waals surface area contributed by atoms with Crippen LogP contribution < -0.4 is 5.32 Å². The molecule has 1 heterocycles. The third kappa shape index (κ3) is 3.46. The molecule has 114 valence electrons. The number of amides is 1. The van der Waals surface area contributed by atoms with Crippen LogP contribution in [0.2, 0.25) is 0 Å². The van der Waals surface area contributed by atoms with Gasteiger partial charge in [0.05, 0.1) is 11.5 Å². The molecule has 5 heteroatoms. The lowest BCUT2D eigenvalue weighted by Gasteiger charge is -2.20. The number of carbonyl (C=O) groups excluding carboxylic acids is 1. The molecule has 0 spiro atoms. The monoisotopic (exact) mass is 307 g/mol. The van der Waals surface area contributed by atoms with Gasteiger partial charge < -0.3 is 5.32 Å². The highest BCUT2D eigenvalue weighted by atomic mass is 32.2. The summed E-state index contributed by atoms with van der Waals surface area (Å²) in [5.41, 5.74) is 3.51. The van der Waals surface area contributed by atoms with E-state index >= 15 is 0 Å². The Labute approximate surface area is 125 Å². The largest absolute Gasteiger partial charge is 0.326 e. The van der Waals surface area contributed by atoms with Gasteiger partial charge in [-0.25, -0.2) is 8.42 Å². The summed E-state index contributed by atoms with van der Waals surface area (Å²) in [5.74, 6) is 0.310. The molecule has 0 aromatic heterocycles. The summed E-state index contributed by atoms with van der Waals surface area (Å²) >= 11 is 0. The maximum Gasteiger partial charge on any atom is 0.224 e. The van der Waals surface area contributed by atoms with Gasteiger partial charge in [-0.2, -0.15) is 0 Å². The fourth-order valence-corrected chi connectivity index (χ4v) is 5.26. The van der Waals surface area contributed by atoms with E-state index in [-0.39, 0.29) is 23.3 Å². The van der Waals surface area contributed by atoms with Crippen LogP contribution in [-0.2, 0) is 27.5 Å². The first kappa shape index (κ1) is 14.6. The Morgan fingerprint density at radius 2 is 2.05 bits per heavy atom. The maximum absolute atomic E-state index is 12.2. The second kappa shape index (κ2) is 5.79. The smallest absolute Gasteiger partial charge is 0.224 e. The number of hydrogen-bond acceptors (Lipinski definition) is 3. The summed E-state index contributed by atoms with van der Waals surface area (Å²) in [5, 5.41) is 2.99. The first-order valence-corrected chi connectivity index (χ1v) is 9.47. The normalized spacial score (nSPS) is 23.5. The molecule has 1 fully saturated rings. The molecular formula is C16H21NO3S. The fraction of sp³-hybridized carbons (Fsp3) is 0.562. The number of carbonyl (C=O) groups is 1. The molecule has 0 bridgehead atoms. The zero-order valence-electron chi connectivity index (χ0n) is 12.1. The van der Waals surface area contributed by atoms with Gasteiger partial charge in [0.25, 0.3) is 0 Å². The Morgan fingerprint density at radius 1 is 1.24 bits per heavy atom. The van der Waals surface area contributed by atoms with E-state index in [1.54, 1.807) is 0 Å². The van der Waals surface area contributed by atoms with E-state index in [0.29, 0.717) is 12.8 Å². The molecule has 3 rings (SSSR count). The number of benzene rings is 1. The van der Waals surface area contributed by atoms with Gasteiger partial charge in [-0.1, -0.05) is 12.1 Å². The molecule has 0 radical (unpaired) electrons. The average Bonchev–Trinajstić information content (AvgIpc) is 2.78. The Morgan fingerprint density at radius 3 is 2.81 bits per heavy atom. The van der Waals surface area contributed by atoms with Crippen LogP contribution in [0.1, 0.15) is 36.8 Å². The second-order valence-electron chi connectivity index (χ2n) is 6.17. The number of aryl methyl sites for hydroxylation is 1. The van der Waals surface area contributed by atoms with E-state index in [1.165, 1.54) is 24.0 Å². The van der Waals surface area contributed by atoms with Gasteiger partial charge >= 0.3 is 0 Å². The highest BCUT2D eigenvalue weighted by Gasteiger charge is 2.29.